The lowest BCUT2D eigenvalue weighted by Gasteiger charge is -2.46. The molecule has 2 aliphatic heterocycles. The molecular formula is C17H34N2. The van der Waals surface area contributed by atoms with Crippen molar-refractivity contribution in [3.8, 4) is 0 Å². The molecule has 19 heavy (non-hydrogen) atoms. The van der Waals surface area contributed by atoms with Gasteiger partial charge in [0.05, 0.1) is 0 Å². The van der Waals surface area contributed by atoms with Gasteiger partial charge >= 0.3 is 0 Å². The van der Waals surface area contributed by atoms with E-state index in [1.54, 1.807) is 0 Å². The fourth-order valence-electron chi connectivity index (χ4n) is 4.20. The van der Waals surface area contributed by atoms with Gasteiger partial charge in [-0.2, -0.15) is 0 Å². The minimum Gasteiger partial charge on any atom is -0.316 e. The van der Waals surface area contributed by atoms with E-state index < -0.39 is 0 Å². The molecule has 2 saturated heterocycles. The van der Waals surface area contributed by atoms with Gasteiger partial charge in [0.15, 0.2) is 0 Å². The molecule has 0 amide bonds. The summed E-state index contributed by atoms with van der Waals surface area (Å²) >= 11 is 0. The number of nitrogens with zero attached hydrogens (tertiary/aromatic N) is 1. The second kappa shape index (κ2) is 6.58. The van der Waals surface area contributed by atoms with E-state index in [0.29, 0.717) is 10.8 Å². The van der Waals surface area contributed by atoms with E-state index in [9.17, 15) is 0 Å². The largest absolute Gasteiger partial charge is 0.316 e. The van der Waals surface area contributed by atoms with Gasteiger partial charge in [0.25, 0.3) is 0 Å². The van der Waals surface area contributed by atoms with Gasteiger partial charge in [-0.1, -0.05) is 33.6 Å². The zero-order valence-electron chi connectivity index (χ0n) is 13.4. The van der Waals surface area contributed by atoms with Crippen LogP contribution >= 0.6 is 0 Å². The van der Waals surface area contributed by atoms with Crippen LogP contribution in [0, 0.1) is 10.8 Å². The number of piperidine rings is 2. The molecule has 0 radical (unpaired) electrons. The highest BCUT2D eigenvalue weighted by atomic mass is 15.1. The van der Waals surface area contributed by atoms with Crippen LogP contribution in [0.25, 0.3) is 0 Å². The molecule has 0 aromatic rings. The molecule has 2 nitrogen and oxygen atoms in total. The van der Waals surface area contributed by atoms with Crippen molar-refractivity contribution >= 4 is 0 Å². The molecule has 2 fully saturated rings. The van der Waals surface area contributed by atoms with E-state index in [4.69, 9.17) is 0 Å². The summed E-state index contributed by atoms with van der Waals surface area (Å²) in [6, 6.07) is 0. The summed E-state index contributed by atoms with van der Waals surface area (Å²) in [4.78, 5) is 2.76. The van der Waals surface area contributed by atoms with Gasteiger partial charge in [-0.15, -0.1) is 0 Å². The lowest BCUT2D eigenvalue weighted by atomic mass is 9.73. The SMILES string of the molecule is CCC1(CC)CCN(CC2(CC)CCCNC2)CC1. The van der Waals surface area contributed by atoms with Crippen molar-refractivity contribution in [2.45, 2.75) is 65.7 Å². The van der Waals surface area contributed by atoms with E-state index in [0.717, 1.165) is 0 Å². The molecule has 0 spiro atoms. The average molecular weight is 266 g/mol. The minimum absolute atomic E-state index is 0.566. The fourth-order valence-corrected chi connectivity index (χ4v) is 4.20. The zero-order chi connectivity index (χ0) is 13.8. The van der Waals surface area contributed by atoms with Crippen LogP contribution in [-0.4, -0.2) is 37.6 Å². The third kappa shape index (κ3) is 3.52. The average Bonchev–Trinajstić information content (AvgIpc) is 2.49. The van der Waals surface area contributed by atoms with E-state index in [-0.39, 0.29) is 0 Å². The predicted octanol–water partition coefficient (Wildman–Crippen LogP) is 3.67. The summed E-state index contributed by atoms with van der Waals surface area (Å²) in [6.07, 6.45) is 9.73. The van der Waals surface area contributed by atoms with Crippen LogP contribution in [0.4, 0.5) is 0 Å². The second-order valence-corrected chi connectivity index (χ2v) is 7.12. The Morgan fingerprint density at radius 3 is 2.00 bits per heavy atom. The zero-order valence-corrected chi connectivity index (χ0v) is 13.4. The van der Waals surface area contributed by atoms with Crippen LogP contribution in [-0.2, 0) is 0 Å². The van der Waals surface area contributed by atoms with E-state index in [2.05, 4.69) is 31.0 Å². The normalized spacial score (nSPS) is 32.4. The second-order valence-electron chi connectivity index (χ2n) is 7.12. The summed E-state index contributed by atoms with van der Waals surface area (Å²) in [7, 11) is 0. The lowest BCUT2D eigenvalue weighted by Crippen LogP contribution is -2.50. The van der Waals surface area contributed by atoms with Gasteiger partial charge in [0, 0.05) is 13.1 Å². The van der Waals surface area contributed by atoms with Crippen molar-refractivity contribution in [3.05, 3.63) is 0 Å². The molecule has 2 rings (SSSR count). The van der Waals surface area contributed by atoms with Gasteiger partial charge in [0.2, 0.25) is 0 Å². The van der Waals surface area contributed by atoms with Gasteiger partial charge in [-0.3, -0.25) is 0 Å². The van der Waals surface area contributed by atoms with Crippen molar-refractivity contribution in [2.75, 3.05) is 32.7 Å². The molecule has 0 saturated carbocycles. The molecule has 2 heteroatoms. The Balaban J connectivity index is 1.87. The number of rotatable bonds is 5. The Morgan fingerprint density at radius 1 is 0.895 bits per heavy atom. The first-order valence-corrected chi connectivity index (χ1v) is 8.61. The summed E-state index contributed by atoms with van der Waals surface area (Å²) in [6.45, 7) is 13.6. The lowest BCUT2D eigenvalue weighted by molar-refractivity contribution is 0.0476. The summed E-state index contributed by atoms with van der Waals surface area (Å²) in [5.41, 5.74) is 1.23. The Kier molecular flexibility index (Phi) is 5.30. The molecule has 1 N–H and O–H groups in total. The smallest absolute Gasteiger partial charge is 0.00501 e. The number of hydrogen-bond donors (Lipinski definition) is 1. The van der Waals surface area contributed by atoms with Crippen molar-refractivity contribution in [1.82, 2.24) is 10.2 Å². The molecule has 0 aliphatic carbocycles. The van der Waals surface area contributed by atoms with Crippen LogP contribution in [0.1, 0.15) is 65.7 Å². The highest BCUT2D eigenvalue weighted by Crippen LogP contribution is 2.39. The summed E-state index contributed by atoms with van der Waals surface area (Å²) in [5, 5.41) is 3.63. The topological polar surface area (TPSA) is 15.3 Å². The molecule has 2 heterocycles. The maximum Gasteiger partial charge on any atom is 0.00501 e. The molecular weight excluding hydrogens is 232 g/mol. The van der Waals surface area contributed by atoms with Crippen LogP contribution < -0.4 is 5.32 Å². The number of nitrogens with one attached hydrogen (secondary N) is 1. The van der Waals surface area contributed by atoms with Crippen molar-refractivity contribution < 1.29 is 0 Å². The van der Waals surface area contributed by atoms with Gasteiger partial charge in [-0.25, -0.2) is 0 Å². The summed E-state index contributed by atoms with van der Waals surface area (Å²) < 4.78 is 0. The molecule has 0 aromatic carbocycles. The van der Waals surface area contributed by atoms with Crippen molar-refractivity contribution in [1.29, 1.82) is 0 Å². The van der Waals surface area contributed by atoms with Crippen molar-refractivity contribution in [3.63, 3.8) is 0 Å². The monoisotopic (exact) mass is 266 g/mol. The Labute approximate surface area is 120 Å². The summed E-state index contributed by atoms with van der Waals surface area (Å²) in [5.74, 6) is 0. The van der Waals surface area contributed by atoms with Crippen molar-refractivity contribution in [2.24, 2.45) is 10.8 Å². The maximum atomic E-state index is 3.63. The minimum atomic E-state index is 0.566. The molecule has 0 aromatic heterocycles. The number of hydrogen-bond acceptors (Lipinski definition) is 2. The first kappa shape index (κ1) is 15.3. The highest BCUT2D eigenvalue weighted by Gasteiger charge is 2.36. The van der Waals surface area contributed by atoms with E-state index in [1.165, 1.54) is 77.7 Å². The van der Waals surface area contributed by atoms with E-state index >= 15 is 0 Å². The Morgan fingerprint density at radius 2 is 1.53 bits per heavy atom. The number of likely N-dealkylation sites (tertiary alicyclic amines) is 1. The van der Waals surface area contributed by atoms with Gasteiger partial charge in [-0.05, 0) is 62.6 Å². The van der Waals surface area contributed by atoms with Crippen LogP contribution in [0.15, 0.2) is 0 Å². The Hall–Kier alpha value is -0.0800. The third-order valence-electron chi connectivity index (χ3n) is 6.29. The molecule has 1 atom stereocenters. The van der Waals surface area contributed by atoms with Crippen LogP contribution in [0.2, 0.25) is 0 Å². The first-order valence-electron chi connectivity index (χ1n) is 8.61. The highest BCUT2D eigenvalue weighted by molar-refractivity contribution is 4.90. The first-order chi connectivity index (χ1) is 9.17. The quantitative estimate of drug-likeness (QED) is 0.817. The molecule has 2 aliphatic rings. The Bertz CT molecular complexity index is 254. The van der Waals surface area contributed by atoms with Crippen LogP contribution in [0.5, 0.6) is 0 Å². The third-order valence-corrected chi connectivity index (χ3v) is 6.29. The van der Waals surface area contributed by atoms with Gasteiger partial charge in [0.1, 0.15) is 0 Å². The van der Waals surface area contributed by atoms with Crippen LogP contribution in [0.3, 0.4) is 0 Å². The predicted molar refractivity (Wildman–Crippen MR) is 83.5 cm³/mol. The maximum absolute atomic E-state index is 3.63. The van der Waals surface area contributed by atoms with E-state index in [1.807, 2.05) is 0 Å². The molecule has 0 bridgehead atoms. The standard InChI is InChI=1S/C17H34N2/c1-4-16(5-2)9-12-19(13-10-16)15-17(6-3)8-7-11-18-14-17/h18H,4-15H2,1-3H3. The molecule has 1 unspecified atom stereocenters. The molecule has 112 valence electrons. The fraction of sp³-hybridized carbons (Fsp3) is 1.00. The van der Waals surface area contributed by atoms with Gasteiger partial charge < -0.3 is 10.2 Å².